The van der Waals surface area contributed by atoms with Crippen LogP contribution in [0.25, 0.3) is 38.6 Å². The summed E-state index contributed by atoms with van der Waals surface area (Å²) < 4.78 is 4.67. The molecule has 0 aliphatic heterocycles. The third-order valence-electron chi connectivity index (χ3n) is 6.48. The standard InChI is InChI=1S/C27H19Br2N/c1-27(2)23-12-8-16(28)14-21(23)19-10-11-20-22-15-17(29)9-13-24(22)30(26(20)25(19)27)18-6-4-3-5-7-18/h3-15H,1-2H3. The van der Waals surface area contributed by atoms with Crippen LogP contribution in [0.5, 0.6) is 0 Å². The fraction of sp³-hybridized carbons (Fsp3) is 0.111. The predicted molar refractivity (Wildman–Crippen MR) is 134 cm³/mol. The molecule has 0 atom stereocenters. The predicted octanol–water partition coefficient (Wildman–Crippen LogP) is 8.62. The van der Waals surface area contributed by atoms with Gasteiger partial charge in [-0.2, -0.15) is 0 Å². The molecule has 1 aliphatic rings. The van der Waals surface area contributed by atoms with Crippen LogP contribution in [0.3, 0.4) is 0 Å². The summed E-state index contributed by atoms with van der Waals surface area (Å²) in [7, 11) is 0. The van der Waals surface area contributed by atoms with E-state index in [1.165, 1.54) is 49.7 Å². The van der Waals surface area contributed by atoms with Crippen LogP contribution in [0, 0.1) is 0 Å². The highest BCUT2D eigenvalue weighted by Gasteiger charge is 2.38. The van der Waals surface area contributed by atoms with Crippen LogP contribution in [0.4, 0.5) is 0 Å². The van der Waals surface area contributed by atoms with Crippen molar-refractivity contribution in [2.24, 2.45) is 0 Å². The summed E-state index contributed by atoms with van der Waals surface area (Å²) in [4.78, 5) is 0. The van der Waals surface area contributed by atoms with Crippen molar-refractivity contribution in [3.8, 4) is 16.8 Å². The summed E-state index contributed by atoms with van der Waals surface area (Å²) in [6, 6.07) is 28.6. The molecule has 0 bridgehead atoms. The summed E-state index contributed by atoms with van der Waals surface area (Å²) in [6.07, 6.45) is 0. The molecule has 5 aromatic rings. The Balaban J connectivity index is 1.85. The summed E-state index contributed by atoms with van der Waals surface area (Å²) in [6.45, 7) is 4.71. The molecule has 1 aromatic heterocycles. The highest BCUT2D eigenvalue weighted by Crippen LogP contribution is 2.53. The smallest absolute Gasteiger partial charge is 0.0588 e. The van der Waals surface area contributed by atoms with Gasteiger partial charge in [0.15, 0.2) is 0 Å². The minimum Gasteiger partial charge on any atom is -0.309 e. The number of halogens is 2. The Bertz CT molecular complexity index is 1480. The lowest BCUT2D eigenvalue weighted by Crippen LogP contribution is -2.16. The maximum Gasteiger partial charge on any atom is 0.0588 e. The Morgan fingerprint density at radius 1 is 0.700 bits per heavy atom. The van der Waals surface area contributed by atoms with Gasteiger partial charge < -0.3 is 4.57 Å². The first-order chi connectivity index (χ1) is 14.5. The minimum atomic E-state index is -0.0803. The minimum absolute atomic E-state index is 0.0803. The van der Waals surface area contributed by atoms with E-state index >= 15 is 0 Å². The summed E-state index contributed by atoms with van der Waals surface area (Å²) >= 11 is 7.37. The topological polar surface area (TPSA) is 4.93 Å². The lowest BCUT2D eigenvalue weighted by atomic mass is 9.81. The number of fused-ring (bicyclic) bond motifs is 7. The molecule has 0 saturated carbocycles. The van der Waals surface area contributed by atoms with E-state index in [-0.39, 0.29) is 5.41 Å². The fourth-order valence-corrected chi connectivity index (χ4v) is 5.92. The molecule has 0 amide bonds. The van der Waals surface area contributed by atoms with E-state index in [0.717, 1.165) is 8.95 Å². The number of nitrogens with zero attached hydrogens (tertiary/aromatic N) is 1. The van der Waals surface area contributed by atoms with Crippen molar-refractivity contribution in [3.05, 3.63) is 98.9 Å². The quantitative estimate of drug-likeness (QED) is 0.210. The zero-order chi connectivity index (χ0) is 20.6. The molecule has 4 aromatic carbocycles. The number of para-hydroxylation sites is 1. The zero-order valence-electron chi connectivity index (χ0n) is 16.7. The molecule has 0 unspecified atom stereocenters. The molecule has 0 saturated heterocycles. The molecule has 0 spiro atoms. The molecular weight excluding hydrogens is 498 g/mol. The molecule has 3 heteroatoms. The maximum absolute atomic E-state index is 3.69. The Morgan fingerprint density at radius 2 is 1.43 bits per heavy atom. The van der Waals surface area contributed by atoms with Gasteiger partial charge in [0.05, 0.1) is 11.0 Å². The second-order valence-corrected chi connectivity index (χ2v) is 10.4. The van der Waals surface area contributed by atoms with Gasteiger partial charge in [-0.15, -0.1) is 0 Å². The van der Waals surface area contributed by atoms with Crippen LogP contribution in [-0.2, 0) is 5.41 Å². The summed E-state index contributed by atoms with van der Waals surface area (Å²) in [5, 5.41) is 2.58. The van der Waals surface area contributed by atoms with Crippen molar-refractivity contribution in [1.29, 1.82) is 0 Å². The van der Waals surface area contributed by atoms with Gasteiger partial charge in [-0.05, 0) is 64.7 Å². The zero-order valence-corrected chi connectivity index (χ0v) is 19.9. The number of hydrogen-bond donors (Lipinski definition) is 0. The van der Waals surface area contributed by atoms with Gasteiger partial charge in [0.25, 0.3) is 0 Å². The molecule has 146 valence electrons. The fourth-order valence-electron chi connectivity index (χ4n) is 5.20. The van der Waals surface area contributed by atoms with E-state index < -0.39 is 0 Å². The number of benzene rings is 4. The third kappa shape index (κ3) is 2.39. The molecule has 1 nitrogen and oxygen atoms in total. The molecular formula is C27H19Br2N. The molecule has 1 heterocycles. The van der Waals surface area contributed by atoms with Gasteiger partial charge in [0.2, 0.25) is 0 Å². The van der Waals surface area contributed by atoms with Crippen LogP contribution < -0.4 is 0 Å². The normalized spacial score (nSPS) is 14.3. The SMILES string of the molecule is CC1(C)c2ccc(Br)cc2-c2ccc3c4cc(Br)ccc4n(-c4ccccc4)c3c21. The van der Waals surface area contributed by atoms with E-state index in [2.05, 4.69) is 129 Å². The van der Waals surface area contributed by atoms with Crippen LogP contribution in [-0.4, -0.2) is 4.57 Å². The van der Waals surface area contributed by atoms with Gasteiger partial charge in [-0.1, -0.05) is 82.1 Å². The first-order valence-electron chi connectivity index (χ1n) is 10.1. The second kappa shape index (κ2) is 6.32. The summed E-state index contributed by atoms with van der Waals surface area (Å²) in [5.41, 5.74) is 9.12. The Kier molecular flexibility index (Phi) is 3.88. The highest BCUT2D eigenvalue weighted by molar-refractivity contribution is 9.10. The van der Waals surface area contributed by atoms with E-state index in [1.807, 2.05) is 0 Å². The molecule has 0 N–H and O–H groups in total. The Morgan fingerprint density at radius 3 is 2.23 bits per heavy atom. The third-order valence-corrected chi connectivity index (χ3v) is 7.46. The Labute approximate surface area is 192 Å². The molecule has 1 aliphatic carbocycles. The first-order valence-corrected chi connectivity index (χ1v) is 11.7. The first kappa shape index (κ1) is 18.4. The summed E-state index contributed by atoms with van der Waals surface area (Å²) in [5.74, 6) is 0. The maximum atomic E-state index is 3.69. The molecule has 0 fully saturated rings. The van der Waals surface area contributed by atoms with E-state index in [0.29, 0.717) is 0 Å². The van der Waals surface area contributed by atoms with Gasteiger partial charge in [0.1, 0.15) is 0 Å². The lowest BCUT2D eigenvalue weighted by molar-refractivity contribution is 0.664. The van der Waals surface area contributed by atoms with Crippen LogP contribution in [0.15, 0.2) is 87.8 Å². The highest BCUT2D eigenvalue weighted by atomic mass is 79.9. The van der Waals surface area contributed by atoms with Crippen molar-refractivity contribution in [2.75, 3.05) is 0 Å². The van der Waals surface area contributed by atoms with E-state index in [9.17, 15) is 0 Å². The monoisotopic (exact) mass is 515 g/mol. The average Bonchev–Trinajstić information content (AvgIpc) is 3.17. The van der Waals surface area contributed by atoms with Crippen molar-refractivity contribution in [2.45, 2.75) is 19.3 Å². The number of aromatic nitrogens is 1. The van der Waals surface area contributed by atoms with E-state index in [1.54, 1.807) is 0 Å². The van der Waals surface area contributed by atoms with Crippen molar-refractivity contribution in [3.63, 3.8) is 0 Å². The van der Waals surface area contributed by atoms with Crippen molar-refractivity contribution in [1.82, 2.24) is 4.57 Å². The number of rotatable bonds is 1. The van der Waals surface area contributed by atoms with Gasteiger partial charge in [-0.3, -0.25) is 0 Å². The van der Waals surface area contributed by atoms with Gasteiger partial charge >= 0.3 is 0 Å². The van der Waals surface area contributed by atoms with Crippen LogP contribution in [0.1, 0.15) is 25.0 Å². The second-order valence-electron chi connectivity index (χ2n) is 8.53. The lowest BCUT2D eigenvalue weighted by Gasteiger charge is -2.23. The van der Waals surface area contributed by atoms with Crippen molar-refractivity contribution >= 4 is 53.7 Å². The van der Waals surface area contributed by atoms with Gasteiger partial charge in [-0.25, -0.2) is 0 Å². The molecule has 30 heavy (non-hydrogen) atoms. The van der Waals surface area contributed by atoms with E-state index in [4.69, 9.17) is 0 Å². The molecule has 0 radical (unpaired) electrons. The largest absolute Gasteiger partial charge is 0.309 e. The van der Waals surface area contributed by atoms with Crippen LogP contribution in [0.2, 0.25) is 0 Å². The van der Waals surface area contributed by atoms with Gasteiger partial charge in [0, 0.05) is 30.8 Å². The Hall–Kier alpha value is -2.36. The average molecular weight is 517 g/mol. The molecule has 6 rings (SSSR count). The van der Waals surface area contributed by atoms with Crippen molar-refractivity contribution < 1.29 is 0 Å². The number of hydrogen-bond acceptors (Lipinski definition) is 0. The van der Waals surface area contributed by atoms with Crippen LogP contribution >= 0.6 is 31.9 Å².